The maximum atomic E-state index is 4.65. The van der Waals surface area contributed by atoms with E-state index in [-0.39, 0.29) is 0 Å². The molecule has 0 bridgehead atoms. The van der Waals surface area contributed by atoms with Crippen LogP contribution in [0.2, 0.25) is 0 Å². The third kappa shape index (κ3) is 1.82. The summed E-state index contributed by atoms with van der Waals surface area (Å²) in [4.78, 5) is 4.06. The molecule has 3 aromatic rings. The molecule has 0 fully saturated rings. The van der Waals surface area contributed by atoms with E-state index in [0.717, 1.165) is 0 Å². The lowest BCUT2D eigenvalue weighted by molar-refractivity contribution is 1.10. The molecule has 0 aromatic heterocycles. The molecule has 2 heteroatoms. The van der Waals surface area contributed by atoms with Gasteiger partial charge in [0.2, 0.25) is 0 Å². The predicted molar refractivity (Wildman–Crippen MR) is 80.2 cm³/mol. The van der Waals surface area contributed by atoms with Crippen LogP contribution in [-0.4, -0.2) is 5.16 Å². The molecule has 3 aromatic carbocycles. The van der Waals surface area contributed by atoms with E-state index >= 15 is 0 Å². The van der Waals surface area contributed by atoms with Gasteiger partial charge in [-0.1, -0.05) is 48.5 Å². The van der Waals surface area contributed by atoms with Gasteiger partial charge in [-0.2, -0.15) is 0 Å². The number of hydrogen-bond acceptors (Lipinski definition) is 2. The largest absolute Gasteiger partial charge is 0.228 e. The third-order valence-electron chi connectivity index (χ3n) is 3.17. The first kappa shape index (κ1) is 11.1. The van der Waals surface area contributed by atoms with Gasteiger partial charge in [-0.05, 0) is 45.4 Å². The standard InChI is InChI=1S/C16H11NS/c18-11-17-10-13-9-12-5-1-2-6-14(12)16-8-4-3-7-15(13)16/h1-9H,10H2. The zero-order valence-corrected chi connectivity index (χ0v) is 10.6. The lowest BCUT2D eigenvalue weighted by Crippen LogP contribution is -1.86. The molecule has 18 heavy (non-hydrogen) atoms. The molecule has 0 aliphatic rings. The van der Waals surface area contributed by atoms with Crippen molar-refractivity contribution in [2.75, 3.05) is 0 Å². The van der Waals surface area contributed by atoms with Gasteiger partial charge in [0.25, 0.3) is 0 Å². The minimum atomic E-state index is 0.592. The van der Waals surface area contributed by atoms with Crippen molar-refractivity contribution in [3.05, 3.63) is 60.2 Å². The highest BCUT2D eigenvalue weighted by Gasteiger charge is 2.04. The van der Waals surface area contributed by atoms with Crippen molar-refractivity contribution in [3.63, 3.8) is 0 Å². The molecule has 86 valence electrons. The van der Waals surface area contributed by atoms with Crippen LogP contribution in [0.25, 0.3) is 21.5 Å². The quantitative estimate of drug-likeness (QED) is 0.367. The topological polar surface area (TPSA) is 12.4 Å². The highest BCUT2D eigenvalue weighted by Crippen LogP contribution is 2.28. The molecule has 0 saturated carbocycles. The van der Waals surface area contributed by atoms with Crippen molar-refractivity contribution in [1.29, 1.82) is 0 Å². The Balaban J connectivity index is 2.42. The van der Waals surface area contributed by atoms with Crippen LogP contribution in [0.15, 0.2) is 59.6 Å². The van der Waals surface area contributed by atoms with E-state index in [4.69, 9.17) is 0 Å². The van der Waals surface area contributed by atoms with Crippen LogP contribution in [0.1, 0.15) is 5.56 Å². The van der Waals surface area contributed by atoms with E-state index in [1.807, 2.05) is 0 Å². The van der Waals surface area contributed by atoms with Gasteiger partial charge in [0.1, 0.15) is 0 Å². The Labute approximate surface area is 111 Å². The zero-order chi connectivity index (χ0) is 12.4. The average molecular weight is 249 g/mol. The Morgan fingerprint density at radius 2 is 1.56 bits per heavy atom. The number of nitrogens with zero attached hydrogens (tertiary/aromatic N) is 1. The molecule has 0 heterocycles. The van der Waals surface area contributed by atoms with Crippen LogP contribution in [0.4, 0.5) is 0 Å². The first-order valence-electron chi connectivity index (χ1n) is 5.83. The fourth-order valence-corrected chi connectivity index (χ4v) is 2.44. The van der Waals surface area contributed by atoms with Crippen LogP contribution in [0.3, 0.4) is 0 Å². The molecule has 0 N–H and O–H groups in total. The van der Waals surface area contributed by atoms with Crippen molar-refractivity contribution >= 4 is 38.9 Å². The minimum absolute atomic E-state index is 0.592. The third-order valence-corrected chi connectivity index (χ3v) is 3.30. The van der Waals surface area contributed by atoms with Crippen LogP contribution < -0.4 is 0 Å². The van der Waals surface area contributed by atoms with E-state index in [0.29, 0.717) is 6.54 Å². The van der Waals surface area contributed by atoms with Gasteiger partial charge < -0.3 is 0 Å². The van der Waals surface area contributed by atoms with Gasteiger partial charge in [-0.15, -0.1) is 0 Å². The van der Waals surface area contributed by atoms with Crippen LogP contribution >= 0.6 is 12.2 Å². The molecular formula is C16H11NS. The maximum absolute atomic E-state index is 4.65. The highest BCUT2D eigenvalue weighted by atomic mass is 32.1. The highest BCUT2D eigenvalue weighted by molar-refractivity contribution is 7.78. The average Bonchev–Trinajstić information content (AvgIpc) is 2.45. The van der Waals surface area contributed by atoms with Crippen LogP contribution in [0.5, 0.6) is 0 Å². The lowest BCUT2D eigenvalue weighted by Gasteiger charge is -2.08. The molecular weight excluding hydrogens is 238 g/mol. The van der Waals surface area contributed by atoms with Crippen molar-refractivity contribution in [3.8, 4) is 0 Å². The number of thiocarbonyl (C=S) groups is 1. The number of aliphatic imine (C=N–C) groups is 1. The molecule has 0 aliphatic heterocycles. The minimum Gasteiger partial charge on any atom is -0.228 e. The lowest BCUT2D eigenvalue weighted by atomic mass is 9.97. The summed E-state index contributed by atoms with van der Waals surface area (Å²) in [5.41, 5.74) is 1.20. The molecule has 0 radical (unpaired) electrons. The van der Waals surface area contributed by atoms with Crippen molar-refractivity contribution in [2.45, 2.75) is 6.54 Å². The summed E-state index contributed by atoms with van der Waals surface area (Å²) in [6.45, 7) is 0.592. The number of hydrogen-bond donors (Lipinski definition) is 0. The molecule has 0 saturated heterocycles. The van der Waals surface area contributed by atoms with Gasteiger partial charge in [0.15, 0.2) is 0 Å². The van der Waals surface area contributed by atoms with Gasteiger partial charge in [-0.3, -0.25) is 0 Å². The maximum Gasteiger partial charge on any atom is 0.0749 e. The van der Waals surface area contributed by atoms with Crippen molar-refractivity contribution < 1.29 is 0 Å². The van der Waals surface area contributed by atoms with E-state index < -0.39 is 0 Å². The summed E-state index contributed by atoms with van der Waals surface area (Å²) in [5.74, 6) is 0. The number of isothiocyanates is 1. The van der Waals surface area contributed by atoms with Crippen LogP contribution in [-0.2, 0) is 6.54 Å². The smallest absolute Gasteiger partial charge is 0.0749 e. The van der Waals surface area contributed by atoms with E-state index in [2.05, 4.69) is 77.0 Å². The fourth-order valence-electron chi connectivity index (χ4n) is 2.38. The number of fused-ring (bicyclic) bond motifs is 3. The normalized spacial score (nSPS) is 10.4. The Morgan fingerprint density at radius 3 is 2.33 bits per heavy atom. The predicted octanol–water partition coefficient (Wildman–Crippen LogP) is 4.60. The second-order valence-corrected chi connectivity index (χ2v) is 4.39. The Morgan fingerprint density at radius 1 is 0.889 bits per heavy atom. The summed E-state index contributed by atoms with van der Waals surface area (Å²) in [6, 6.07) is 19.0. The summed E-state index contributed by atoms with van der Waals surface area (Å²) in [5, 5.41) is 7.47. The van der Waals surface area contributed by atoms with Gasteiger partial charge in [0, 0.05) is 0 Å². The second-order valence-electron chi connectivity index (χ2n) is 4.21. The fraction of sp³-hybridized carbons (Fsp3) is 0.0625. The Hall–Kier alpha value is -2.02. The Kier molecular flexibility index (Phi) is 2.89. The first-order valence-corrected chi connectivity index (χ1v) is 6.24. The SMILES string of the molecule is S=C=NCc1cc2ccccc2c2ccccc12. The summed E-state index contributed by atoms with van der Waals surface area (Å²) in [7, 11) is 0. The molecule has 1 nitrogen and oxygen atoms in total. The monoisotopic (exact) mass is 249 g/mol. The molecule has 0 aliphatic carbocycles. The van der Waals surface area contributed by atoms with E-state index in [1.54, 1.807) is 0 Å². The van der Waals surface area contributed by atoms with E-state index in [1.165, 1.54) is 27.1 Å². The van der Waals surface area contributed by atoms with Gasteiger partial charge >= 0.3 is 0 Å². The second kappa shape index (κ2) is 4.69. The molecule has 0 atom stereocenters. The van der Waals surface area contributed by atoms with Crippen LogP contribution in [0, 0.1) is 0 Å². The van der Waals surface area contributed by atoms with Gasteiger partial charge in [0.05, 0.1) is 11.7 Å². The Bertz CT molecular complexity index is 770. The van der Waals surface area contributed by atoms with Crippen molar-refractivity contribution in [1.82, 2.24) is 0 Å². The molecule has 0 amide bonds. The molecule has 3 rings (SSSR count). The first-order chi connectivity index (χ1) is 8.90. The van der Waals surface area contributed by atoms with Gasteiger partial charge in [-0.25, -0.2) is 4.99 Å². The van der Waals surface area contributed by atoms with Crippen molar-refractivity contribution in [2.24, 2.45) is 4.99 Å². The van der Waals surface area contributed by atoms with E-state index in [9.17, 15) is 0 Å². The summed E-state index contributed by atoms with van der Waals surface area (Å²) < 4.78 is 0. The zero-order valence-electron chi connectivity index (χ0n) is 9.76. The summed E-state index contributed by atoms with van der Waals surface area (Å²) >= 11 is 4.65. The number of rotatable bonds is 2. The summed E-state index contributed by atoms with van der Waals surface area (Å²) in [6.07, 6.45) is 0. The molecule has 0 spiro atoms. The molecule has 0 unspecified atom stereocenters. The number of benzene rings is 3.